The van der Waals surface area contributed by atoms with Crippen molar-refractivity contribution in [3.05, 3.63) is 29.8 Å². The fourth-order valence-electron chi connectivity index (χ4n) is 3.28. The minimum absolute atomic E-state index is 0.270. The molecule has 0 unspecified atom stereocenters. The van der Waals surface area contributed by atoms with Crippen LogP contribution in [0.1, 0.15) is 37.3 Å². The first-order valence-electron chi connectivity index (χ1n) is 7.16. The van der Waals surface area contributed by atoms with Gasteiger partial charge in [-0.3, -0.25) is 4.79 Å². The molecule has 1 aliphatic carbocycles. The number of amides is 1. The molecule has 0 aromatic heterocycles. The van der Waals surface area contributed by atoms with Crippen LogP contribution in [0.5, 0.6) is 5.75 Å². The van der Waals surface area contributed by atoms with Crippen molar-refractivity contribution in [1.82, 2.24) is 5.32 Å². The number of carbonyl (C=O) groups excluding carboxylic acids is 1. The van der Waals surface area contributed by atoms with Crippen LogP contribution in [0, 0.1) is 0 Å². The van der Waals surface area contributed by atoms with E-state index in [1.807, 2.05) is 24.3 Å². The minimum Gasteiger partial charge on any atom is -0.491 e. The van der Waals surface area contributed by atoms with Gasteiger partial charge in [-0.15, -0.1) is 0 Å². The molecule has 0 bridgehead atoms. The number of fused-ring (bicyclic) bond motifs is 1. The van der Waals surface area contributed by atoms with E-state index in [-0.39, 0.29) is 11.9 Å². The molecule has 0 spiro atoms. The number of para-hydroxylation sites is 1. The summed E-state index contributed by atoms with van der Waals surface area (Å²) in [7, 11) is -3.44. The van der Waals surface area contributed by atoms with E-state index in [2.05, 4.69) is 5.32 Å². The number of nitrogens with one attached hydrogen (secondary N) is 1. The molecule has 1 N–H and O–H groups in total. The first kappa shape index (κ1) is 14.4. The number of sulfone groups is 1. The molecule has 1 amide bonds. The van der Waals surface area contributed by atoms with Gasteiger partial charge in [0, 0.05) is 11.8 Å². The number of rotatable bonds is 3. The third kappa shape index (κ3) is 2.31. The third-order valence-electron chi connectivity index (χ3n) is 4.54. The van der Waals surface area contributed by atoms with E-state index in [1.54, 1.807) is 0 Å². The molecule has 1 atom stereocenters. The van der Waals surface area contributed by atoms with E-state index in [9.17, 15) is 13.2 Å². The standard InChI is InChI=1S/C15H19NO4S/c1-21(18,19)15(8-4-5-9-15)14(17)16-12-10-20-13-7-3-2-6-11(12)13/h2-3,6-7,12H,4-5,8-10H2,1H3,(H,16,17)/t12-/m0/s1. The number of ether oxygens (including phenoxy) is 1. The highest BCUT2D eigenvalue weighted by molar-refractivity contribution is 7.92. The van der Waals surface area contributed by atoms with Crippen molar-refractivity contribution in [2.24, 2.45) is 0 Å². The van der Waals surface area contributed by atoms with Crippen molar-refractivity contribution in [3.63, 3.8) is 0 Å². The van der Waals surface area contributed by atoms with Crippen molar-refractivity contribution in [1.29, 1.82) is 0 Å². The average Bonchev–Trinajstić information content (AvgIpc) is 3.06. The van der Waals surface area contributed by atoms with Crippen LogP contribution in [0.3, 0.4) is 0 Å². The second kappa shape index (κ2) is 5.02. The summed E-state index contributed by atoms with van der Waals surface area (Å²) in [6, 6.07) is 7.23. The molecule has 0 saturated heterocycles. The molecule has 1 aromatic rings. The van der Waals surface area contributed by atoms with Crippen molar-refractivity contribution in [2.75, 3.05) is 12.9 Å². The largest absolute Gasteiger partial charge is 0.491 e. The number of benzene rings is 1. The molecule has 0 radical (unpaired) electrons. The Morgan fingerprint density at radius 3 is 2.62 bits per heavy atom. The van der Waals surface area contributed by atoms with Crippen molar-refractivity contribution >= 4 is 15.7 Å². The minimum atomic E-state index is -3.44. The predicted molar refractivity (Wildman–Crippen MR) is 78.9 cm³/mol. The third-order valence-corrected chi connectivity index (χ3v) is 6.55. The van der Waals surface area contributed by atoms with Crippen LogP contribution in [0.25, 0.3) is 0 Å². The van der Waals surface area contributed by atoms with Gasteiger partial charge in [0.25, 0.3) is 0 Å². The van der Waals surface area contributed by atoms with Gasteiger partial charge >= 0.3 is 0 Å². The molecule has 21 heavy (non-hydrogen) atoms. The van der Waals surface area contributed by atoms with E-state index in [0.29, 0.717) is 19.4 Å². The van der Waals surface area contributed by atoms with Gasteiger partial charge in [0.1, 0.15) is 17.1 Å². The molecule has 1 fully saturated rings. The molecule has 2 aliphatic rings. The number of carbonyl (C=O) groups is 1. The summed E-state index contributed by atoms with van der Waals surface area (Å²) >= 11 is 0. The Bertz CT molecular complexity index is 662. The van der Waals surface area contributed by atoms with Gasteiger partial charge in [-0.2, -0.15) is 0 Å². The van der Waals surface area contributed by atoms with Crippen LogP contribution < -0.4 is 10.1 Å². The zero-order chi connectivity index (χ0) is 15.1. The van der Waals surface area contributed by atoms with Crippen molar-refractivity contribution in [2.45, 2.75) is 36.5 Å². The second-order valence-corrected chi connectivity index (χ2v) is 8.17. The number of hydrogen-bond donors (Lipinski definition) is 1. The smallest absolute Gasteiger partial charge is 0.242 e. The highest BCUT2D eigenvalue weighted by atomic mass is 32.2. The highest BCUT2D eigenvalue weighted by Gasteiger charge is 2.50. The van der Waals surface area contributed by atoms with Gasteiger partial charge in [-0.05, 0) is 18.9 Å². The second-order valence-electron chi connectivity index (χ2n) is 5.85. The molecule has 5 nitrogen and oxygen atoms in total. The van der Waals surface area contributed by atoms with E-state index >= 15 is 0 Å². The van der Waals surface area contributed by atoms with Crippen LogP contribution >= 0.6 is 0 Å². The Morgan fingerprint density at radius 2 is 1.95 bits per heavy atom. The molecule has 1 saturated carbocycles. The van der Waals surface area contributed by atoms with E-state index in [4.69, 9.17) is 4.74 Å². The van der Waals surface area contributed by atoms with E-state index in [1.165, 1.54) is 0 Å². The lowest BCUT2D eigenvalue weighted by atomic mass is 10.0. The molecular formula is C15H19NO4S. The molecule has 114 valence electrons. The zero-order valence-corrected chi connectivity index (χ0v) is 12.8. The summed E-state index contributed by atoms with van der Waals surface area (Å²) in [5, 5.41) is 2.88. The Morgan fingerprint density at radius 1 is 1.29 bits per heavy atom. The monoisotopic (exact) mass is 309 g/mol. The van der Waals surface area contributed by atoms with Crippen molar-refractivity contribution < 1.29 is 17.9 Å². The molecule has 6 heteroatoms. The van der Waals surface area contributed by atoms with Crippen LogP contribution in [-0.2, 0) is 14.6 Å². The Labute approximate surface area is 124 Å². The quantitative estimate of drug-likeness (QED) is 0.920. The Hall–Kier alpha value is -1.56. The first-order valence-corrected chi connectivity index (χ1v) is 9.05. The first-order chi connectivity index (χ1) is 9.94. The normalized spacial score (nSPS) is 23.4. The van der Waals surface area contributed by atoms with Gasteiger partial charge in [0.15, 0.2) is 9.84 Å². The summed E-state index contributed by atoms with van der Waals surface area (Å²) in [5.41, 5.74) is 0.910. The number of hydrogen-bond acceptors (Lipinski definition) is 4. The van der Waals surface area contributed by atoms with E-state index < -0.39 is 14.6 Å². The topological polar surface area (TPSA) is 72.5 Å². The molecule has 3 rings (SSSR count). The van der Waals surface area contributed by atoms with Gasteiger partial charge in [-0.1, -0.05) is 31.0 Å². The maximum Gasteiger partial charge on any atom is 0.242 e. The van der Waals surface area contributed by atoms with Gasteiger partial charge in [0.05, 0.1) is 6.04 Å². The zero-order valence-electron chi connectivity index (χ0n) is 12.0. The van der Waals surface area contributed by atoms with Gasteiger partial charge in [-0.25, -0.2) is 8.42 Å². The molecule has 1 aromatic carbocycles. The lowest BCUT2D eigenvalue weighted by Gasteiger charge is -2.27. The summed E-state index contributed by atoms with van der Waals surface area (Å²) in [5.74, 6) is 0.371. The SMILES string of the molecule is CS(=O)(=O)C1(C(=O)N[C@H]2COc3ccccc32)CCCC1. The molecule has 1 heterocycles. The lowest BCUT2D eigenvalue weighted by Crippen LogP contribution is -2.51. The van der Waals surface area contributed by atoms with Gasteiger partial charge < -0.3 is 10.1 Å². The van der Waals surface area contributed by atoms with Gasteiger partial charge in [0.2, 0.25) is 5.91 Å². The highest BCUT2D eigenvalue weighted by Crippen LogP contribution is 2.38. The summed E-state index contributed by atoms with van der Waals surface area (Å²) in [6.07, 6.45) is 3.53. The van der Waals surface area contributed by atoms with Crippen molar-refractivity contribution in [3.8, 4) is 5.75 Å². The fraction of sp³-hybridized carbons (Fsp3) is 0.533. The Balaban J connectivity index is 1.84. The summed E-state index contributed by atoms with van der Waals surface area (Å²) in [4.78, 5) is 12.6. The fourth-order valence-corrected chi connectivity index (χ4v) is 4.71. The van der Waals surface area contributed by atoms with Crippen LogP contribution in [-0.4, -0.2) is 31.9 Å². The maximum atomic E-state index is 12.6. The van der Waals surface area contributed by atoms with E-state index in [0.717, 1.165) is 30.4 Å². The summed E-state index contributed by atoms with van der Waals surface area (Å²) < 4.78 is 28.5. The summed E-state index contributed by atoms with van der Waals surface area (Å²) in [6.45, 7) is 0.352. The van der Waals surface area contributed by atoms with Crippen LogP contribution in [0.15, 0.2) is 24.3 Å². The average molecular weight is 309 g/mol. The predicted octanol–water partition coefficient (Wildman–Crippen LogP) is 1.59. The maximum absolute atomic E-state index is 12.6. The Kier molecular flexibility index (Phi) is 3.43. The van der Waals surface area contributed by atoms with Crippen LogP contribution in [0.2, 0.25) is 0 Å². The molecule has 1 aliphatic heterocycles. The van der Waals surface area contributed by atoms with Crippen LogP contribution in [0.4, 0.5) is 0 Å². The molecular weight excluding hydrogens is 290 g/mol. The lowest BCUT2D eigenvalue weighted by molar-refractivity contribution is -0.124.